The third kappa shape index (κ3) is 4.20. The molecule has 0 aliphatic heterocycles. The molecule has 1 heterocycles. The first-order valence-corrected chi connectivity index (χ1v) is 11.5. The van der Waals surface area contributed by atoms with Crippen LogP contribution in [-0.2, 0) is 16.4 Å². The van der Waals surface area contributed by atoms with Crippen molar-refractivity contribution in [1.29, 1.82) is 0 Å². The molecule has 3 aromatic rings. The van der Waals surface area contributed by atoms with Crippen molar-refractivity contribution in [2.75, 3.05) is 4.72 Å². The highest BCUT2D eigenvalue weighted by atomic mass is 32.2. The van der Waals surface area contributed by atoms with Crippen LogP contribution in [0.4, 0.5) is 5.69 Å². The van der Waals surface area contributed by atoms with Gasteiger partial charge in [-0.3, -0.25) is 9.71 Å². The van der Waals surface area contributed by atoms with Crippen LogP contribution in [-0.4, -0.2) is 13.4 Å². The van der Waals surface area contributed by atoms with Crippen LogP contribution < -0.4 is 4.72 Å². The molecule has 1 aromatic heterocycles. The fourth-order valence-corrected chi connectivity index (χ4v) is 5.05. The molecular weight excluding hydrogens is 368 g/mol. The van der Waals surface area contributed by atoms with Crippen molar-refractivity contribution in [3.63, 3.8) is 0 Å². The number of fused-ring (bicyclic) bond motifs is 1. The molecule has 0 saturated heterocycles. The molecule has 0 bridgehead atoms. The summed E-state index contributed by atoms with van der Waals surface area (Å²) in [5.74, 6) is 0.813. The summed E-state index contributed by atoms with van der Waals surface area (Å²) in [5.41, 5.74) is 3.29. The molecule has 1 N–H and O–H groups in total. The molecule has 0 unspecified atom stereocenters. The van der Waals surface area contributed by atoms with E-state index in [-0.39, 0.29) is 4.90 Å². The molecule has 0 atom stereocenters. The Morgan fingerprint density at radius 3 is 2.50 bits per heavy atom. The highest BCUT2D eigenvalue weighted by molar-refractivity contribution is 7.92. The van der Waals surface area contributed by atoms with E-state index in [1.54, 1.807) is 30.3 Å². The van der Waals surface area contributed by atoms with Gasteiger partial charge in [0, 0.05) is 11.1 Å². The summed E-state index contributed by atoms with van der Waals surface area (Å²) in [7, 11) is -3.65. The van der Waals surface area contributed by atoms with Crippen LogP contribution in [0.1, 0.15) is 43.4 Å². The van der Waals surface area contributed by atoms with Crippen molar-refractivity contribution in [2.24, 2.45) is 5.92 Å². The average molecular weight is 395 g/mol. The summed E-state index contributed by atoms with van der Waals surface area (Å²) >= 11 is 0. The number of nitrogens with one attached hydrogen (secondary N) is 1. The van der Waals surface area contributed by atoms with Crippen molar-refractivity contribution in [3.05, 3.63) is 65.9 Å². The summed E-state index contributed by atoms with van der Waals surface area (Å²) in [6.45, 7) is 1.94. The Morgan fingerprint density at radius 2 is 1.75 bits per heavy atom. The quantitative estimate of drug-likeness (QED) is 0.603. The van der Waals surface area contributed by atoms with Gasteiger partial charge >= 0.3 is 0 Å². The van der Waals surface area contributed by atoms with Crippen LogP contribution in [0.15, 0.2) is 59.5 Å². The van der Waals surface area contributed by atoms with E-state index in [1.165, 1.54) is 25.7 Å². The number of benzene rings is 2. The van der Waals surface area contributed by atoms with Gasteiger partial charge in [0.15, 0.2) is 0 Å². The Balaban J connectivity index is 1.60. The smallest absolute Gasteiger partial charge is 0.261 e. The molecule has 0 amide bonds. The Morgan fingerprint density at radius 1 is 1.00 bits per heavy atom. The van der Waals surface area contributed by atoms with Crippen molar-refractivity contribution in [3.8, 4) is 0 Å². The predicted octanol–water partition coefficient (Wildman–Crippen LogP) is 5.47. The average Bonchev–Trinajstić information content (AvgIpc) is 3.20. The number of hydrogen-bond donors (Lipinski definition) is 1. The molecule has 1 aliphatic rings. The van der Waals surface area contributed by atoms with Gasteiger partial charge in [0.2, 0.25) is 0 Å². The van der Waals surface area contributed by atoms with Crippen LogP contribution in [0.2, 0.25) is 0 Å². The molecule has 0 spiro atoms. The fraction of sp³-hybridized carbons (Fsp3) is 0.348. The fourth-order valence-electron chi connectivity index (χ4n) is 3.98. The zero-order chi connectivity index (χ0) is 19.6. The first-order chi connectivity index (χ1) is 13.5. The van der Waals surface area contributed by atoms with Crippen molar-refractivity contribution in [2.45, 2.75) is 50.3 Å². The third-order valence-electron chi connectivity index (χ3n) is 5.64. The number of aromatic nitrogens is 1. The maximum Gasteiger partial charge on any atom is 0.261 e. The van der Waals surface area contributed by atoms with Crippen molar-refractivity contribution < 1.29 is 8.42 Å². The number of rotatable bonds is 6. The molecule has 1 saturated carbocycles. The summed E-state index contributed by atoms with van der Waals surface area (Å²) in [5, 5.41) is 0.939. The molecule has 146 valence electrons. The van der Waals surface area contributed by atoms with Crippen LogP contribution in [0.3, 0.4) is 0 Å². The van der Waals surface area contributed by atoms with Crippen molar-refractivity contribution >= 4 is 26.6 Å². The number of anilines is 1. The zero-order valence-corrected chi connectivity index (χ0v) is 17.0. The maximum absolute atomic E-state index is 12.8. The minimum atomic E-state index is -3.65. The van der Waals surface area contributed by atoms with Crippen molar-refractivity contribution in [1.82, 2.24) is 4.98 Å². The molecule has 0 radical (unpaired) electrons. The number of hydrogen-bond acceptors (Lipinski definition) is 3. The molecule has 5 heteroatoms. The summed E-state index contributed by atoms with van der Waals surface area (Å²) < 4.78 is 28.3. The van der Waals surface area contributed by atoms with Crippen LogP contribution >= 0.6 is 0 Å². The van der Waals surface area contributed by atoms with E-state index in [9.17, 15) is 8.42 Å². The highest BCUT2D eigenvalue weighted by Crippen LogP contribution is 2.29. The standard InChI is InChI=1S/C23H26N2O2S/c1-17-9-15-21(16-10-17)28(26,27)25-22-8-4-7-19-12-14-20(24-23(19)22)13-11-18-5-2-3-6-18/h4,7-10,12,14-16,18,25H,2-3,5-6,11,13H2,1H3. The van der Waals surface area contributed by atoms with E-state index in [1.807, 2.05) is 25.1 Å². The lowest BCUT2D eigenvalue weighted by atomic mass is 10.00. The molecule has 1 aliphatic carbocycles. The zero-order valence-electron chi connectivity index (χ0n) is 16.2. The second kappa shape index (κ2) is 7.92. The van der Waals surface area contributed by atoms with Gasteiger partial charge in [-0.1, -0.05) is 61.6 Å². The highest BCUT2D eigenvalue weighted by Gasteiger charge is 2.17. The normalized spacial score (nSPS) is 15.2. The minimum Gasteiger partial charge on any atom is -0.277 e. The number of pyridine rings is 1. The monoisotopic (exact) mass is 394 g/mol. The van der Waals surface area contributed by atoms with Gasteiger partial charge in [-0.15, -0.1) is 0 Å². The van der Waals surface area contributed by atoms with E-state index >= 15 is 0 Å². The van der Waals surface area contributed by atoms with Crippen LogP contribution in [0, 0.1) is 12.8 Å². The van der Waals surface area contributed by atoms with Gasteiger partial charge in [0.25, 0.3) is 10.0 Å². The van der Waals surface area contributed by atoms with E-state index in [0.717, 1.165) is 35.4 Å². The molecule has 2 aromatic carbocycles. The Hall–Kier alpha value is -2.40. The number of para-hydroxylation sites is 1. The van der Waals surface area contributed by atoms with Crippen LogP contribution in [0.25, 0.3) is 10.9 Å². The molecule has 28 heavy (non-hydrogen) atoms. The lowest BCUT2D eigenvalue weighted by Crippen LogP contribution is -2.13. The molecular formula is C23H26N2O2S. The summed E-state index contributed by atoms with van der Waals surface area (Å²) in [6.07, 6.45) is 7.46. The third-order valence-corrected chi connectivity index (χ3v) is 7.02. The Kier molecular flexibility index (Phi) is 5.36. The van der Waals surface area contributed by atoms with E-state index in [0.29, 0.717) is 11.2 Å². The van der Waals surface area contributed by atoms with E-state index < -0.39 is 10.0 Å². The first kappa shape index (κ1) is 18.9. The first-order valence-electron chi connectivity index (χ1n) is 9.99. The molecule has 1 fully saturated rings. The lowest BCUT2D eigenvalue weighted by Gasteiger charge is -2.12. The maximum atomic E-state index is 12.8. The SMILES string of the molecule is Cc1ccc(S(=O)(=O)Nc2cccc3ccc(CCC4CCCC4)nc23)cc1. The van der Waals surface area contributed by atoms with Gasteiger partial charge < -0.3 is 0 Å². The minimum absolute atomic E-state index is 0.257. The molecule has 4 rings (SSSR count). The lowest BCUT2D eigenvalue weighted by molar-refractivity contribution is 0.501. The molecule has 4 nitrogen and oxygen atoms in total. The topological polar surface area (TPSA) is 59.1 Å². The van der Waals surface area contributed by atoms with Gasteiger partial charge in [-0.25, -0.2) is 8.42 Å². The predicted molar refractivity (Wildman–Crippen MR) is 114 cm³/mol. The van der Waals surface area contributed by atoms with Gasteiger partial charge in [-0.05, 0) is 49.9 Å². The Labute approximate surface area is 167 Å². The van der Waals surface area contributed by atoms with Gasteiger partial charge in [-0.2, -0.15) is 0 Å². The largest absolute Gasteiger partial charge is 0.277 e. The number of nitrogens with zero attached hydrogens (tertiary/aromatic N) is 1. The van der Waals surface area contributed by atoms with Gasteiger partial charge in [0.1, 0.15) is 0 Å². The second-order valence-electron chi connectivity index (χ2n) is 7.79. The summed E-state index contributed by atoms with van der Waals surface area (Å²) in [4.78, 5) is 5.06. The second-order valence-corrected chi connectivity index (χ2v) is 9.47. The van der Waals surface area contributed by atoms with Gasteiger partial charge in [0.05, 0.1) is 16.1 Å². The van der Waals surface area contributed by atoms with E-state index in [4.69, 9.17) is 4.98 Å². The Bertz CT molecular complexity index is 1070. The number of aryl methyl sites for hydroxylation is 2. The number of sulfonamides is 1. The van der Waals surface area contributed by atoms with E-state index in [2.05, 4.69) is 10.8 Å². The van der Waals surface area contributed by atoms with Crippen LogP contribution in [0.5, 0.6) is 0 Å². The summed E-state index contributed by atoms with van der Waals surface area (Å²) in [6, 6.07) is 16.6.